The van der Waals surface area contributed by atoms with Crippen molar-refractivity contribution in [2.24, 2.45) is 0 Å². The summed E-state index contributed by atoms with van der Waals surface area (Å²) in [6.07, 6.45) is 0. The molecule has 0 heterocycles. The van der Waals surface area contributed by atoms with E-state index in [2.05, 4.69) is 21.2 Å². The Morgan fingerprint density at radius 2 is 1.84 bits per heavy atom. The van der Waals surface area contributed by atoms with Gasteiger partial charge in [0.05, 0.1) is 0 Å². The van der Waals surface area contributed by atoms with Crippen LogP contribution < -0.4 is 5.32 Å². The topological polar surface area (TPSA) is 29.1 Å². The molecule has 2 aromatic carbocycles. The number of anilines is 1. The second kappa shape index (κ2) is 5.53. The van der Waals surface area contributed by atoms with Crippen LogP contribution in [0, 0.1) is 19.7 Å². The molecule has 0 aliphatic rings. The summed E-state index contributed by atoms with van der Waals surface area (Å²) in [5, 5.41) is 2.77. The predicted molar refractivity (Wildman–Crippen MR) is 78.0 cm³/mol. The van der Waals surface area contributed by atoms with Crippen LogP contribution in [0.25, 0.3) is 0 Å². The lowest BCUT2D eigenvalue weighted by molar-refractivity contribution is 0.102. The molecule has 0 bridgehead atoms. The summed E-state index contributed by atoms with van der Waals surface area (Å²) in [7, 11) is 0. The number of carbonyl (C=O) groups is 1. The number of rotatable bonds is 2. The molecular weight excluding hydrogens is 309 g/mol. The number of nitrogens with one attached hydrogen (secondary N) is 1. The summed E-state index contributed by atoms with van der Waals surface area (Å²) in [6.45, 7) is 3.56. The summed E-state index contributed by atoms with van der Waals surface area (Å²) in [6, 6.07) is 10.0. The van der Waals surface area contributed by atoms with E-state index in [1.165, 1.54) is 6.07 Å². The van der Waals surface area contributed by atoms with Gasteiger partial charge in [-0.05, 0) is 55.3 Å². The maximum absolute atomic E-state index is 13.4. The highest BCUT2D eigenvalue weighted by atomic mass is 79.9. The third-order valence-electron chi connectivity index (χ3n) is 2.87. The Kier molecular flexibility index (Phi) is 4.00. The highest BCUT2D eigenvalue weighted by Gasteiger charge is 2.09. The minimum absolute atomic E-state index is 0.311. The molecule has 19 heavy (non-hydrogen) atoms. The van der Waals surface area contributed by atoms with Crippen molar-refractivity contribution >= 4 is 27.5 Å². The van der Waals surface area contributed by atoms with Gasteiger partial charge in [0, 0.05) is 15.7 Å². The van der Waals surface area contributed by atoms with Gasteiger partial charge in [-0.15, -0.1) is 0 Å². The molecule has 98 valence electrons. The van der Waals surface area contributed by atoms with Crippen LogP contribution in [0.4, 0.5) is 10.1 Å². The second-order valence-corrected chi connectivity index (χ2v) is 5.29. The number of hydrogen-bond acceptors (Lipinski definition) is 1. The van der Waals surface area contributed by atoms with Gasteiger partial charge in [0.15, 0.2) is 0 Å². The molecule has 0 fully saturated rings. The monoisotopic (exact) mass is 321 g/mol. The van der Waals surface area contributed by atoms with Crippen molar-refractivity contribution in [1.82, 2.24) is 0 Å². The summed E-state index contributed by atoms with van der Waals surface area (Å²) >= 11 is 3.36. The van der Waals surface area contributed by atoms with Gasteiger partial charge in [0.1, 0.15) is 5.82 Å². The van der Waals surface area contributed by atoms with Crippen LogP contribution in [0.3, 0.4) is 0 Å². The summed E-state index contributed by atoms with van der Waals surface area (Å²) in [5.74, 6) is -0.690. The minimum Gasteiger partial charge on any atom is -0.322 e. The quantitative estimate of drug-likeness (QED) is 0.869. The molecule has 0 atom stereocenters. The molecule has 0 aromatic heterocycles. The van der Waals surface area contributed by atoms with Crippen molar-refractivity contribution in [2.45, 2.75) is 13.8 Å². The van der Waals surface area contributed by atoms with Crippen molar-refractivity contribution in [3.8, 4) is 0 Å². The highest BCUT2D eigenvalue weighted by Crippen LogP contribution is 2.21. The summed E-state index contributed by atoms with van der Waals surface area (Å²) in [5.41, 5.74) is 2.49. The molecule has 0 aliphatic carbocycles. The highest BCUT2D eigenvalue weighted by molar-refractivity contribution is 9.10. The van der Waals surface area contributed by atoms with Gasteiger partial charge in [0.2, 0.25) is 0 Å². The third-order valence-corrected chi connectivity index (χ3v) is 3.36. The van der Waals surface area contributed by atoms with Gasteiger partial charge in [-0.3, -0.25) is 4.79 Å². The molecule has 2 nitrogen and oxygen atoms in total. The standard InChI is InChI=1S/C15H13BrFNO/c1-9-3-4-11(8-13(9)17)15(19)18-14-6-5-12(16)7-10(14)2/h3-8H,1-2H3,(H,18,19). The van der Waals surface area contributed by atoms with Crippen LogP contribution in [-0.4, -0.2) is 5.91 Å². The van der Waals surface area contributed by atoms with Crippen LogP contribution >= 0.6 is 15.9 Å². The molecule has 0 spiro atoms. The molecule has 1 amide bonds. The van der Waals surface area contributed by atoms with E-state index >= 15 is 0 Å². The lowest BCUT2D eigenvalue weighted by Gasteiger charge is -2.09. The summed E-state index contributed by atoms with van der Waals surface area (Å²) in [4.78, 5) is 12.0. The predicted octanol–water partition coefficient (Wildman–Crippen LogP) is 4.46. The lowest BCUT2D eigenvalue weighted by Crippen LogP contribution is -2.13. The van der Waals surface area contributed by atoms with E-state index in [0.717, 1.165) is 10.0 Å². The average molecular weight is 322 g/mol. The van der Waals surface area contributed by atoms with Crippen LogP contribution in [-0.2, 0) is 0 Å². The van der Waals surface area contributed by atoms with Gasteiger partial charge < -0.3 is 5.32 Å². The normalized spacial score (nSPS) is 10.3. The average Bonchev–Trinajstić information content (AvgIpc) is 2.36. The van der Waals surface area contributed by atoms with Gasteiger partial charge in [-0.2, -0.15) is 0 Å². The molecule has 2 rings (SSSR count). The largest absolute Gasteiger partial charge is 0.322 e. The van der Waals surface area contributed by atoms with Gasteiger partial charge in [0.25, 0.3) is 5.91 Å². The van der Waals surface area contributed by atoms with Crippen molar-refractivity contribution in [2.75, 3.05) is 5.32 Å². The van der Waals surface area contributed by atoms with Crippen molar-refractivity contribution < 1.29 is 9.18 Å². The number of hydrogen-bond donors (Lipinski definition) is 1. The number of aryl methyl sites for hydroxylation is 2. The Labute approximate surface area is 119 Å². The Morgan fingerprint density at radius 1 is 1.11 bits per heavy atom. The van der Waals surface area contributed by atoms with E-state index in [4.69, 9.17) is 0 Å². The number of carbonyl (C=O) groups excluding carboxylic acids is 1. The van der Waals surface area contributed by atoms with Crippen molar-refractivity contribution in [3.63, 3.8) is 0 Å². The van der Waals surface area contributed by atoms with E-state index in [9.17, 15) is 9.18 Å². The molecule has 0 aliphatic heterocycles. The SMILES string of the molecule is Cc1ccc(C(=O)Nc2ccc(Br)cc2C)cc1F. The molecule has 2 aromatic rings. The first kappa shape index (κ1) is 13.7. The number of halogens is 2. The first-order valence-electron chi connectivity index (χ1n) is 5.81. The smallest absolute Gasteiger partial charge is 0.255 e. The summed E-state index contributed by atoms with van der Waals surface area (Å²) < 4.78 is 14.4. The molecule has 0 unspecified atom stereocenters. The van der Waals surface area contributed by atoms with E-state index in [1.54, 1.807) is 19.1 Å². The van der Waals surface area contributed by atoms with Crippen LogP contribution in [0.2, 0.25) is 0 Å². The molecule has 4 heteroatoms. The van der Waals surface area contributed by atoms with Crippen molar-refractivity contribution in [1.29, 1.82) is 0 Å². The molecule has 0 saturated heterocycles. The zero-order chi connectivity index (χ0) is 14.0. The fraction of sp³-hybridized carbons (Fsp3) is 0.133. The first-order chi connectivity index (χ1) is 8.97. The maximum Gasteiger partial charge on any atom is 0.255 e. The minimum atomic E-state index is -0.375. The van der Waals surface area contributed by atoms with E-state index < -0.39 is 0 Å². The van der Waals surface area contributed by atoms with E-state index in [0.29, 0.717) is 16.8 Å². The van der Waals surface area contributed by atoms with E-state index in [-0.39, 0.29) is 11.7 Å². The fourth-order valence-electron chi connectivity index (χ4n) is 1.70. The third kappa shape index (κ3) is 3.20. The van der Waals surface area contributed by atoms with Crippen LogP contribution in [0.15, 0.2) is 40.9 Å². The van der Waals surface area contributed by atoms with Gasteiger partial charge in [-0.25, -0.2) is 4.39 Å². The van der Waals surface area contributed by atoms with Gasteiger partial charge in [-0.1, -0.05) is 22.0 Å². The van der Waals surface area contributed by atoms with Crippen LogP contribution in [0.5, 0.6) is 0 Å². The fourth-order valence-corrected chi connectivity index (χ4v) is 2.17. The van der Waals surface area contributed by atoms with Crippen LogP contribution in [0.1, 0.15) is 21.5 Å². The Morgan fingerprint density at radius 3 is 2.47 bits per heavy atom. The van der Waals surface area contributed by atoms with E-state index in [1.807, 2.05) is 25.1 Å². The van der Waals surface area contributed by atoms with Gasteiger partial charge >= 0.3 is 0 Å². The first-order valence-corrected chi connectivity index (χ1v) is 6.60. The zero-order valence-electron chi connectivity index (χ0n) is 10.6. The molecule has 0 radical (unpaired) electrons. The zero-order valence-corrected chi connectivity index (χ0v) is 12.2. The lowest BCUT2D eigenvalue weighted by atomic mass is 10.1. The Balaban J connectivity index is 2.23. The molecule has 1 N–H and O–H groups in total. The second-order valence-electron chi connectivity index (χ2n) is 4.38. The Bertz CT molecular complexity index is 640. The Hall–Kier alpha value is -1.68. The number of amides is 1. The number of benzene rings is 2. The molecule has 0 saturated carbocycles. The maximum atomic E-state index is 13.4. The molecular formula is C15H13BrFNO. The van der Waals surface area contributed by atoms with Crippen molar-refractivity contribution in [3.05, 3.63) is 63.4 Å².